The summed E-state index contributed by atoms with van der Waals surface area (Å²) in [4.78, 5) is 17.0. The highest BCUT2D eigenvalue weighted by atomic mass is 127. The Bertz CT molecular complexity index is 1130. The largest absolute Gasteiger partial charge is 0.444 e. The monoisotopic (exact) mass is 608 g/mol. The van der Waals surface area contributed by atoms with Crippen LogP contribution in [0.1, 0.15) is 70.6 Å². The van der Waals surface area contributed by atoms with Crippen molar-refractivity contribution in [2.45, 2.75) is 71.0 Å². The second-order valence-electron chi connectivity index (χ2n) is 9.79. The van der Waals surface area contributed by atoms with Crippen LogP contribution in [0.15, 0.2) is 47.2 Å². The fourth-order valence-corrected chi connectivity index (χ4v) is 4.41. The maximum absolute atomic E-state index is 12.5. The molecule has 1 aromatic carbocycles. The van der Waals surface area contributed by atoms with Crippen LogP contribution < -0.4 is 5.32 Å². The fraction of sp³-hybridized carbons (Fsp3) is 0.500. The fourth-order valence-electron chi connectivity index (χ4n) is 4.05. The van der Waals surface area contributed by atoms with Crippen molar-refractivity contribution in [2.75, 3.05) is 13.2 Å². The number of benzene rings is 1. The molecule has 1 amide bonds. The van der Waals surface area contributed by atoms with Gasteiger partial charge in [-0.1, -0.05) is 17.3 Å². The number of alkyl carbamates (subject to hydrolysis) is 1. The van der Waals surface area contributed by atoms with Gasteiger partial charge in [0.15, 0.2) is 12.1 Å². The lowest BCUT2D eigenvalue weighted by Gasteiger charge is -2.27. The standard InChI is InChI=1S/C26H33IN4O5/c1-17(34-23-7-5-6-14-33-23)24-28-12-13-31(24)21(16-29-25(32)35-26(2,3)4)20-15-22(36-30-20)18-8-10-19(27)11-9-18/h8-13,15,17,21,23H,5-7,14,16H2,1-4H3,(H,29,32)/t17-,21+,23?/m0/s1. The molecular weight excluding hydrogens is 575 g/mol. The van der Waals surface area contributed by atoms with E-state index in [2.05, 4.69) is 38.0 Å². The first-order chi connectivity index (χ1) is 17.2. The van der Waals surface area contributed by atoms with Crippen molar-refractivity contribution in [3.05, 3.63) is 57.8 Å². The Morgan fingerprint density at radius 2 is 2.06 bits per heavy atom. The highest BCUT2D eigenvalue weighted by Gasteiger charge is 2.27. The number of hydrogen-bond donors (Lipinski definition) is 1. The number of amides is 1. The second kappa shape index (κ2) is 11.7. The average Bonchev–Trinajstić information content (AvgIpc) is 3.50. The molecule has 0 aliphatic carbocycles. The molecule has 0 spiro atoms. The summed E-state index contributed by atoms with van der Waals surface area (Å²) in [7, 11) is 0. The SMILES string of the molecule is C[C@H](OC1CCCCO1)c1nccn1[C@H](CNC(=O)OC(C)(C)C)c1cc(-c2ccc(I)cc2)on1. The number of rotatable bonds is 8. The normalized spacial score (nSPS) is 18.0. The molecule has 4 rings (SSSR count). The molecule has 3 atom stereocenters. The molecule has 1 fully saturated rings. The van der Waals surface area contributed by atoms with E-state index in [1.54, 1.807) is 6.20 Å². The van der Waals surface area contributed by atoms with E-state index in [-0.39, 0.29) is 18.9 Å². The molecule has 9 nitrogen and oxygen atoms in total. The predicted molar refractivity (Wildman–Crippen MR) is 142 cm³/mol. The zero-order valence-electron chi connectivity index (χ0n) is 21.1. The van der Waals surface area contributed by atoms with Gasteiger partial charge in [0.05, 0.1) is 6.04 Å². The lowest BCUT2D eigenvalue weighted by atomic mass is 10.1. The molecule has 1 saturated heterocycles. The van der Waals surface area contributed by atoms with Gasteiger partial charge in [-0.25, -0.2) is 9.78 Å². The molecule has 1 unspecified atom stereocenters. The summed E-state index contributed by atoms with van der Waals surface area (Å²) < 4.78 is 26.2. The van der Waals surface area contributed by atoms with Crippen molar-refractivity contribution >= 4 is 28.7 Å². The van der Waals surface area contributed by atoms with Crippen molar-refractivity contribution < 1.29 is 23.5 Å². The third-order valence-corrected chi connectivity index (χ3v) is 6.45. The van der Waals surface area contributed by atoms with Crippen molar-refractivity contribution in [1.29, 1.82) is 0 Å². The van der Waals surface area contributed by atoms with Crippen LogP contribution in [0.5, 0.6) is 0 Å². The molecule has 1 aliphatic rings. The number of carbonyl (C=O) groups excluding carboxylic acids is 1. The minimum atomic E-state index is -0.603. The Balaban J connectivity index is 1.59. The molecule has 1 N–H and O–H groups in total. The van der Waals surface area contributed by atoms with E-state index in [9.17, 15) is 4.79 Å². The summed E-state index contributed by atoms with van der Waals surface area (Å²) >= 11 is 2.26. The van der Waals surface area contributed by atoms with E-state index in [0.717, 1.165) is 28.4 Å². The summed E-state index contributed by atoms with van der Waals surface area (Å²) in [5.74, 6) is 1.35. The van der Waals surface area contributed by atoms with E-state index in [4.69, 9.17) is 18.7 Å². The summed E-state index contributed by atoms with van der Waals surface area (Å²) in [6.07, 6.45) is 5.49. The molecule has 0 radical (unpaired) electrons. The highest BCUT2D eigenvalue weighted by molar-refractivity contribution is 14.1. The smallest absolute Gasteiger partial charge is 0.407 e. The van der Waals surface area contributed by atoms with Gasteiger partial charge < -0.3 is 28.6 Å². The van der Waals surface area contributed by atoms with Crippen LogP contribution in [0.4, 0.5) is 4.79 Å². The van der Waals surface area contributed by atoms with E-state index >= 15 is 0 Å². The van der Waals surface area contributed by atoms with Crippen molar-refractivity contribution in [3.8, 4) is 11.3 Å². The Kier molecular flexibility index (Phi) is 8.68. The van der Waals surface area contributed by atoms with Gasteiger partial charge in [0.2, 0.25) is 0 Å². The van der Waals surface area contributed by atoms with Crippen molar-refractivity contribution in [2.24, 2.45) is 0 Å². The third kappa shape index (κ3) is 7.07. The summed E-state index contributed by atoms with van der Waals surface area (Å²) in [5.41, 5.74) is 0.971. The van der Waals surface area contributed by atoms with E-state index in [1.165, 1.54) is 0 Å². The van der Waals surface area contributed by atoms with Gasteiger partial charge >= 0.3 is 6.09 Å². The quantitative estimate of drug-likeness (QED) is 0.320. The number of hydrogen-bond acceptors (Lipinski definition) is 7. The number of aromatic nitrogens is 3. The van der Waals surface area contributed by atoms with Gasteiger partial charge in [0.25, 0.3) is 0 Å². The first-order valence-electron chi connectivity index (χ1n) is 12.2. The maximum Gasteiger partial charge on any atom is 0.407 e. The van der Waals surface area contributed by atoms with Gasteiger partial charge in [-0.2, -0.15) is 0 Å². The molecular formula is C26H33IN4O5. The zero-order valence-corrected chi connectivity index (χ0v) is 23.2. The minimum Gasteiger partial charge on any atom is -0.444 e. The second-order valence-corrected chi connectivity index (χ2v) is 11.0. The van der Waals surface area contributed by atoms with Gasteiger partial charge in [-0.15, -0.1) is 0 Å². The Morgan fingerprint density at radius 1 is 1.28 bits per heavy atom. The number of nitrogens with zero attached hydrogens (tertiary/aromatic N) is 3. The first kappa shape index (κ1) is 26.6. The lowest BCUT2D eigenvalue weighted by molar-refractivity contribution is -0.188. The van der Waals surface area contributed by atoms with Crippen LogP contribution in [-0.2, 0) is 14.2 Å². The van der Waals surface area contributed by atoms with Crippen LogP contribution in [0.3, 0.4) is 0 Å². The molecule has 1 aliphatic heterocycles. The predicted octanol–water partition coefficient (Wildman–Crippen LogP) is 5.86. The topological polar surface area (TPSA) is 101 Å². The zero-order chi connectivity index (χ0) is 25.7. The van der Waals surface area contributed by atoms with Gasteiger partial charge in [-0.3, -0.25) is 0 Å². The number of imidazole rings is 1. The molecule has 3 aromatic rings. The molecule has 10 heteroatoms. The van der Waals surface area contributed by atoms with Gasteiger partial charge in [0, 0.05) is 40.7 Å². The summed E-state index contributed by atoms with van der Waals surface area (Å²) in [6, 6.07) is 9.50. The number of ether oxygens (including phenoxy) is 3. The van der Waals surface area contributed by atoms with Crippen molar-refractivity contribution in [1.82, 2.24) is 20.0 Å². The van der Waals surface area contributed by atoms with Crippen molar-refractivity contribution in [3.63, 3.8) is 0 Å². The molecule has 194 valence electrons. The number of nitrogens with one attached hydrogen (secondary N) is 1. The van der Waals surface area contributed by atoms with Crippen LogP contribution in [-0.4, -0.2) is 45.8 Å². The van der Waals surface area contributed by atoms with E-state index in [1.807, 2.05) is 68.8 Å². The third-order valence-electron chi connectivity index (χ3n) is 5.73. The van der Waals surface area contributed by atoms with Gasteiger partial charge in [-0.05, 0) is 81.7 Å². The molecule has 36 heavy (non-hydrogen) atoms. The Morgan fingerprint density at radius 3 is 2.75 bits per heavy atom. The Hall–Kier alpha value is -2.44. The highest BCUT2D eigenvalue weighted by Crippen LogP contribution is 2.29. The van der Waals surface area contributed by atoms with Crippen LogP contribution in [0.25, 0.3) is 11.3 Å². The molecule has 0 bridgehead atoms. The average molecular weight is 608 g/mol. The molecule has 0 saturated carbocycles. The molecule has 3 heterocycles. The maximum atomic E-state index is 12.5. The minimum absolute atomic E-state index is 0.226. The van der Waals surface area contributed by atoms with E-state index in [0.29, 0.717) is 23.9 Å². The number of halogens is 1. The first-order valence-corrected chi connectivity index (χ1v) is 13.3. The summed E-state index contributed by atoms with van der Waals surface area (Å²) in [6.45, 7) is 8.37. The van der Waals surface area contributed by atoms with Crippen LogP contribution in [0.2, 0.25) is 0 Å². The molecule has 2 aromatic heterocycles. The Labute approximate surface area is 225 Å². The van der Waals surface area contributed by atoms with E-state index < -0.39 is 17.7 Å². The lowest BCUT2D eigenvalue weighted by Crippen LogP contribution is -2.36. The summed E-state index contributed by atoms with van der Waals surface area (Å²) in [5, 5.41) is 7.23. The van der Waals surface area contributed by atoms with Crippen LogP contribution >= 0.6 is 22.6 Å². The van der Waals surface area contributed by atoms with Gasteiger partial charge in [0.1, 0.15) is 23.2 Å². The van der Waals surface area contributed by atoms with Crippen LogP contribution in [0, 0.1) is 3.57 Å². The number of carbonyl (C=O) groups is 1.